The maximum Gasteiger partial charge on any atom is 0.265 e. The van der Waals surface area contributed by atoms with Gasteiger partial charge in [-0.15, -0.1) is 0 Å². The zero-order chi connectivity index (χ0) is 21.0. The van der Waals surface area contributed by atoms with Crippen molar-refractivity contribution in [2.45, 2.75) is 17.9 Å². The van der Waals surface area contributed by atoms with E-state index in [1.165, 1.54) is 47.6 Å². The largest absolute Gasteiger partial charge is 0.479 e. The molecule has 2 aromatic carbocycles. The van der Waals surface area contributed by atoms with Gasteiger partial charge in [0.25, 0.3) is 5.91 Å². The van der Waals surface area contributed by atoms with Crippen molar-refractivity contribution in [1.29, 1.82) is 0 Å². The second kappa shape index (κ2) is 9.08. The molecular weight excluding hydrogens is 423 g/mol. The molecule has 0 aromatic heterocycles. The van der Waals surface area contributed by atoms with Crippen LogP contribution in [0.2, 0.25) is 5.02 Å². The SMILES string of the molecule is CC(Oc1ccc(F)cc1Cl)C(=O)Nc1ccc(S(=O)(=O)N2CCOCC2)cc1. The number of anilines is 1. The molecule has 0 radical (unpaired) electrons. The van der Waals surface area contributed by atoms with Crippen molar-refractivity contribution in [2.75, 3.05) is 31.6 Å². The summed E-state index contributed by atoms with van der Waals surface area (Å²) in [5.74, 6) is -0.788. The molecule has 1 N–H and O–H groups in total. The van der Waals surface area contributed by atoms with Crippen molar-refractivity contribution in [3.63, 3.8) is 0 Å². The Morgan fingerprint density at radius 1 is 1.21 bits per heavy atom. The van der Waals surface area contributed by atoms with Gasteiger partial charge in [-0.2, -0.15) is 4.31 Å². The van der Waals surface area contributed by atoms with Crippen molar-refractivity contribution in [3.05, 3.63) is 53.3 Å². The van der Waals surface area contributed by atoms with E-state index >= 15 is 0 Å². The topological polar surface area (TPSA) is 84.9 Å². The van der Waals surface area contributed by atoms with Crippen LogP contribution in [0.5, 0.6) is 5.75 Å². The molecule has 0 saturated carbocycles. The summed E-state index contributed by atoms with van der Waals surface area (Å²) in [6.45, 7) is 2.86. The Labute approximate surface area is 173 Å². The number of halogens is 2. The summed E-state index contributed by atoms with van der Waals surface area (Å²) in [5, 5.41) is 2.70. The van der Waals surface area contributed by atoms with Crippen LogP contribution in [0.1, 0.15) is 6.92 Å². The van der Waals surface area contributed by atoms with Crippen LogP contribution in [-0.4, -0.2) is 51.0 Å². The molecule has 1 heterocycles. The van der Waals surface area contributed by atoms with Gasteiger partial charge in [0.1, 0.15) is 11.6 Å². The molecule has 1 fully saturated rings. The number of sulfonamides is 1. The maximum atomic E-state index is 13.1. The first-order chi connectivity index (χ1) is 13.8. The van der Waals surface area contributed by atoms with Gasteiger partial charge in [0.05, 0.1) is 23.1 Å². The van der Waals surface area contributed by atoms with Crippen LogP contribution in [0, 0.1) is 5.82 Å². The summed E-state index contributed by atoms with van der Waals surface area (Å²) in [7, 11) is -3.60. The predicted octanol–water partition coefficient (Wildman–Crippen LogP) is 2.91. The lowest BCUT2D eigenvalue weighted by Crippen LogP contribution is -2.40. The summed E-state index contributed by atoms with van der Waals surface area (Å²) >= 11 is 5.90. The molecule has 1 unspecified atom stereocenters. The summed E-state index contributed by atoms with van der Waals surface area (Å²) in [5.41, 5.74) is 0.414. The fourth-order valence-corrected chi connectivity index (χ4v) is 4.32. The Morgan fingerprint density at radius 3 is 2.48 bits per heavy atom. The highest BCUT2D eigenvalue weighted by molar-refractivity contribution is 7.89. The number of amides is 1. The number of benzene rings is 2. The first-order valence-electron chi connectivity index (χ1n) is 8.88. The number of carbonyl (C=O) groups is 1. The van der Waals surface area contributed by atoms with Crippen LogP contribution in [0.3, 0.4) is 0 Å². The van der Waals surface area contributed by atoms with Crippen LogP contribution in [-0.2, 0) is 19.6 Å². The minimum absolute atomic E-state index is 0.0577. The van der Waals surface area contributed by atoms with E-state index in [1.807, 2.05) is 0 Å². The average molecular weight is 443 g/mol. The van der Waals surface area contributed by atoms with Gasteiger partial charge in [-0.3, -0.25) is 4.79 Å². The molecule has 0 aliphatic carbocycles. The van der Waals surface area contributed by atoms with E-state index < -0.39 is 27.9 Å². The second-order valence-corrected chi connectivity index (χ2v) is 8.71. The Morgan fingerprint density at radius 2 is 1.86 bits per heavy atom. The Kier molecular flexibility index (Phi) is 6.74. The molecule has 1 aliphatic heterocycles. The van der Waals surface area contributed by atoms with E-state index in [0.29, 0.717) is 32.0 Å². The summed E-state index contributed by atoms with van der Waals surface area (Å²) < 4.78 is 50.3. The molecule has 7 nitrogen and oxygen atoms in total. The van der Waals surface area contributed by atoms with Gasteiger partial charge in [0.2, 0.25) is 10.0 Å². The third kappa shape index (κ3) is 5.24. The Bertz CT molecular complexity index is 979. The molecule has 10 heteroatoms. The molecule has 1 aliphatic rings. The first kappa shape index (κ1) is 21.5. The molecule has 0 spiro atoms. The van der Waals surface area contributed by atoms with Gasteiger partial charge in [-0.05, 0) is 49.4 Å². The summed E-state index contributed by atoms with van der Waals surface area (Å²) in [6.07, 6.45) is -0.908. The highest BCUT2D eigenvalue weighted by Crippen LogP contribution is 2.26. The zero-order valence-corrected chi connectivity index (χ0v) is 17.2. The second-order valence-electron chi connectivity index (χ2n) is 6.36. The molecule has 1 saturated heterocycles. The third-order valence-corrected chi connectivity index (χ3v) is 6.50. The quantitative estimate of drug-likeness (QED) is 0.743. The third-order valence-electron chi connectivity index (χ3n) is 4.30. The minimum atomic E-state index is -3.60. The van der Waals surface area contributed by atoms with Crippen molar-refractivity contribution >= 4 is 33.2 Å². The first-order valence-corrected chi connectivity index (χ1v) is 10.7. The van der Waals surface area contributed by atoms with E-state index in [2.05, 4.69) is 5.32 Å². The van der Waals surface area contributed by atoms with Crippen molar-refractivity contribution in [1.82, 2.24) is 4.31 Å². The fraction of sp³-hybridized carbons (Fsp3) is 0.316. The minimum Gasteiger partial charge on any atom is -0.479 e. The van der Waals surface area contributed by atoms with Gasteiger partial charge in [-0.25, -0.2) is 12.8 Å². The van der Waals surface area contributed by atoms with Crippen molar-refractivity contribution < 1.29 is 27.1 Å². The molecule has 0 bridgehead atoms. The van der Waals surface area contributed by atoms with Crippen LogP contribution in [0.4, 0.5) is 10.1 Å². The number of ether oxygens (including phenoxy) is 2. The van der Waals surface area contributed by atoms with E-state index in [1.54, 1.807) is 0 Å². The number of morpholine rings is 1. The van der Waals surface area contributed by atoms with E-state index in [0.717, 1.165) is 6.07 Å². The Hall–Kier alpha value is -2.20. The van der Waals surface area contributed by atoms with E-state index in [-0.39, 0.29) is 15.7 Å². The lowest BCUT2D eigenvalue weighted by atomic mass is 10.3. The highest BCUT2D eigenvalue weighted by Gasteiger charge is 2.26. The van der Waals surface area contributed by atoms with Crippen LogP contribution in [0.25, 0.3) is 0 Å². The molecule has 3 rings (SSSR count). The van der Waals surface area contributed by atoms with Crippen molar-refractivity contribution in [2.24, 2.45) is 0 Å². The van der Waals surface area contributed by atoms with Crippen molar-refractivity contribution in [3.8, 4) is 5.75 Å². The number of rotatable bonds is 6. The number of nitrogens with zero attached hydrogens (tertiary/aromatic N) is 1. The lowest BCUT2D eigenvalue weighted by Gasteiger charge is -2.26. The van der Waals surface area contributed by atoms with Gasteiger partial charge in [0.15, 0.2) is 6.10 Å². The van der Waals surface area contributed by atoms with E-state index in [9.17, 15) is 17.6 Å². The van der Waals surface area contributed by atoms with Gasteiger partial charge >= 0.3 is 0 Å². The number of nitrogens with one attached hydrogen (secondary N) is 1. The molecule has 1 atom stereocenters. The van der Waals surface area contributed by atoms with Gasteiger partial charge in [-0.1, -0.05) is 11.6 Å². The summed E-state index contributed by atoms with van der Waals surface area (Å²) in [4.78, 5) is 12.5. The molecule has 156 valence electrons. The predicted molar refractivity (Wildman–Crippen MR) is 106 cm³/mol. The fourth-order valence-electron chi connectivity index (χ4n) is 2.70. The standard InChI is InChI=1S/C19H20ClFN2O5S/c1-13(28-18-7-2-14(21)12-17(18)20)19(24)22-15-3-5-16(6-4-15)29(25,26)23-8-10-27-11-9-23/h2-7,12-13H,8-11H2,1H3,(H,22,24). The maximum absolute atomic E-state index is 13.1. The van der Waals surface area contributed by atoms with Crippen LogP contribution in [0.15, 0.2) is 47.4 Å². The monoisotopic (exact) mass is 442 g/mol. The van der Waals surface area contributed by atoms with E-state index in [4.69, 9.17) is 21.1 Å². The number of carbonyl (C=O) groups excluding carboxylic acids is 1. The Balaban J connectivity index is 1.63. The number of hydrogen-bond acceptors (Lipinski definition) is 5. The molecule has 1 amide bonds. The highest BCUT2D eigenvalue weighted by atomic mass is 35.5. The average Bonchev–Trinajstić information content (AvgIpc) is 2.71. The normalized spacial score (nSPS) is 16.2. The zero-order valence-electron chi connectivity index (χ0n) is 15.6. The summed E-state index contributed by atoms with van der Waals surface area (Å²) in [6, 6.07) is 9.48. The lowest BCUT2D eigenvalue weighted by molar-refractivity contribution is -0.122. The molecular formula is C19H20ClFN2O5S. The van der Waals surface area contributed by atoms with Crippen LogP contribution < -0.4 is 10.1 Å². The smallest absolute Gasteiger partial charge is 0.265 e. The number of hydrogen-bond donors (Lipinski definition) is 1. The molecule has 2 aromatic rings. The molecule has 29 heavy (non-hydrogen) atoms. The van der Waals surface area contributed by atoms with Crippen LogP contribution >= 0.6 is 11.6 Å². The van der Waals surface area contributed by atoms with Gasteiger partial charge < -0.3 is 14.8 Å². The van der Waals surface area contributed by atoms with Gasteiger partial charge in [0, 0.05) is 18.8 Å².